The number of para-hydroxylation sites is 1. The van der Waals surface area contributed by atoms with Gasteiger partial charge in [0.05, 0.1) is 4.92 Å². The number of benzene rings is 1. The number of alkyl halides is 3. The topological polar surface area (TPSA) is 109 Å². The number of nitro groups is 1. The Labute approximate surface area is 219 Å². The van der Waals surface area contributed by atoms with Gasteiger partial charge in [-0.1, -0.05) is 18.2 Å². The molecule has 0 radical (unpaired) electrons. The number of anilines is 2. The summed E-state index contributed by atoms with van der Waals surface area (Å²) in [6.45, 7) is 2.73. The lowest BCUT2D eigenvalue weighted by atomic mass is 9.85. The molecule has 0 bridgehead atoms. The SMILES string of the molecule is CN(C)[C@@H]1CCN([C@H]2CC[C@H](CNc3nc(NCc4ccccc4OC(F)(F)F)ncc3[N+](=O)[O-])CC2)C1. The number of hydrogen-bond donors (Lipinski definition) is 2. The van der Waals surface area contributed by atoms with E-state index in [1.807, 2.05) is 0 Å². The van der Waals surface area contributed by atoms with Crippen LogP contribution in [0.1, 0.15) is 37.7 Å². The quantitative estimate of drug-likeness (QED) is 0.334. The molecular formula is C25H34F3N7O3. The first kappa shape index (κ1) is 27.8. The fourth-order valence-electron chi connectivity index (χ4n) is 5.25. The molecule has 1 aliphatic heterocycles. The highest BCUT2D eigenvalue weighted by Gasteiger charge is 2.33. The maximum atomic E-state index is 12.7. The van der Waals surface area contributed by atoms with Crippen molar-refractivity contribution in [3.05, 3.63) is 46.1 Å². The molecule has 0 spiro atoms. The second kappa shape index (κ2) is 12.1. The van der Waals surface area contributed by atoms with Gasteiger partial charge in [-0.05, 0) is 58.2 Å². The van der Waals surface area contributed by atoms with Gasteiger partial charge in [-0.25, -0.2) is 4.98 Å². The first-order chi connectivity index (χ1) is 18.1. The molecule has 1 aromatic carbocycles. The number of ether oxygens (including phenoxy) is 1. The molecule has 2 fully saturated rings. The van der Waals surface area contributed by atoms with Crippen LogP contribution in [-0.4, -0.2) is 76.9 Å². The molecule has 10 nitrogen and oxygen atoms in total. The molecule has 0 unspecified atom stereocenters. The third kappa shape index (κ3) is 7.44. The Morgan fingerprint density at radius 1 is 1.16 bits per heavy atom. The molecular weight excluding hydrogens is 503 g/mol. The van der Waals surface area contributed by atoms with Gasteiger partial charge in [0, 0.05) is 43.8 Å². The third-order valence-corrected chi connectivity index (χ3v) is 7.42. The van der Waals surface area contributed by atoms with Crippen molar-refractivity contribution in [1.82, 2.24) is 19.8 Å². The Morgan fingerprint density at radius 3 is 2.55 bits per heavy atom. The van der Waals surface area contributed by atoms with E-state index in [1.54, 1.807) is 6.07 Å². The van der Waals surface area contributed by atoms with Crippen LogP contribution in [0.3, 0.4) is 0 Å². The summed E-state index contributed by atoms with van der Waals surface area (Å²) in [5.41, 5.74) is -0.00946. The Morgan fingerprint density at radius 2 is 1.89 bits per heavy atom. The number of halogens is 3. The molecule has 1 atom stereocenters. The lowest BCUT2D eigenvalue weighted by Gasteiger charge is -2.35. The summed E-state index contributed by atoms with van der Waals surface area (Å²) in [4.78, 5) is 24.1. The van der Waals surface area contributed by atoms with Crippen molar-refractivity contribution in [1.29, 1.82) is 0 Å². The van der Waals surface area contributed by atoms with Gasteiger partial charge in [-0.3, -0.25) is 15.0 Å². The predicted molar refractivity (Wildman–Crippen MR) is 137 cm³/mol. The summed E-state index contributed by atoms with van der Waals surface area (Å²) in [5.74, 6) is 0.182. The molecule has 38 heavy (non-hydrogen) atoms. The lowest BCUT2D eigenvalue weighted by Crippen LogP contribution is -2.39. The summed E-state index contributed by atoms with van der Waals surface area (Å²) in [5, 5.41) is 17.5. The highest BCUT2D eigenvalue weighted by Crippen LogP contribution is 2.32. The first-order valence-electron chi connectivity index (χ1n) is 12.8. The van der Waals surface area contributed by atoms with Crippen molar-refractivity contribution in [3.63, 3.8) is 0 Å². The second-order valence-corrected chi connectivity index (χ2v) is 10.2. The van der Waals surface area contributed by atoms with Crippen LogP contribution >= 0.6 is 0 Å². The van der Waals surface area contributed by atoms with Gasteiger partial charge in [0.15, 0.2) is 0 Å². The average Bonchev–Trinajstić information content (AvgIpc) is 3.37. The molecule has 2 heterocycles. The molecule has 13 heteroatoms. The van der Waals surface area contributed by atoms with E-state index in [-0.39, 0.29) is 35.3 Å². The van der Waals surface area contributed by atoms with Gasteiger partial charge in [0.1, 0.15) is 11.9 Å². The summed E-state index contributed by atoms with van der Waals surface area (Å²) < 4.78 is 42.2. The Kier molecular flexibility index (Phi) is 8.87. The highest BCUT2D eigenvalue weighted by molar-refractivity contribution is 5.57. The predicted octanol–water partition coefficient (Wildman–Crippen LogP) is 4.50. The van der Waals surface area contributed by atoms with E-state index in [9.17, 15) is 23.3 Å². The summed E-state index contributed by atoms with van der Waals surface area (Å²) >= 11 is 0. The van der Waals surface area contributed by atoms with Crippen molar-refractivity contribution < 1.29 is 22.8 Å². The monoisotopic (exact) mass is 537 g/mol. The van der Waals surface area contributed by atoms with Crippen LogP contribution in [0.15, 0.2) is 30.5 Å². The molecule has 208 valence electrons. The minimum atomic E-state index is -4.82. The van der Waals surface area contributed by atoms with E-state index in [1.165, 1.54) is 24.6 Å². The van der Waals surface area contributed by atoms with E-state index >= 15 is 0 Å². The number of nitrogens with zero attached hydrogens (tertiary/aromatic N) is 5. The van der Waals surface area contributed by atoms with Crippen LogP contribution in [0.2, 0.25) is 0 Å². The number of likely N-dealkylation sites (tertiary alicyclic amines) is 1. The van der Waals surface area contributed by atoms with Gasteiger partial charge >= 0.3 is 12.0 Å². The maximum Gasteiger partial charge on any atom is 0.573 e. The smallest absolute Gasteiger partial charge is 0.405 e. The molecule has 1 saturated heterocycles. The van der Waals surface area contributed by atoms with E-state index in [2.05, 4.69) is 49.2 Å². The minimum absolute atomic E-state index is 0.0568. The minimum Gasteiger partial charge on any atom is -0.405 e. The van der Waals surface area contributed by atoms with Crippen LogP contribution in [0.25, 0.3) is 0 Å². The van der Waals surface area contributed by atoms with E-state index in [0.717, 1.165) is 45.0 Å². The normalized spacial score (nSPS) is 22.4. The van der Waals surface area contributed by atoms with Gasteiger partial charge < -0.3 is 20.3 Å². The number of nitrogens with one attached hydrogen (secondary N) is 2. The van der Waals surface area contributed by atoms with Crippen molar-refractivity contribution in [2.75, 3.05) is 44.4 Å². The molecule has 4 rings (SSSR count). The first-order valence-corrected chi connectivity index (χ1v) is 12.8. The maximum absolute atomic E-state index is 12.7. The van der Waals surface area contributed by atoms with E-state index in [0.29, 0.717) is 24.5 Å². The molecule has 2 aromatic rings. The van der Waals surface area contributed by atoms with Crippen molar-refractivity contribution in [2.45, 2.75) is 57.1 Å². The zero-order valence-corrected chi connectivity index (χ0v) is 21.6. The standard InChI is InChI=1S/C25H34F3N7O3/c1-33(2)20-11-12-34(16-20)19-9-7-17(8-10-19)13-29-23-21(35(36)37)15-31-24(32-23)30-14-18-5-3-4-6-22(18)38-25(26,27)28/h3-6,15,17,19-20H,7-14,16H2,1-2H3,(H2,29,30,31,32)/t17-,19-,20-/m1/s1. The molecule has 0 amide bonds. The fraction of sp³-hybridized carbons (Fsp3) is 0.600. The van der Waals surface area contributed by atoms with Gasteiger partial charge in [-0.15, -0.1) is 13.2 Å². The molecule has 1 aromatic heterocycles. The summed E-state index contributed by atoms with van der Waals surface area (Å²) in [6, 6.07) is 6.92. The summed E-state index contributed by atoms with van der Waals surface area (Å²) in [6.07, 6.45) is 1.74. The lowest BCUT2D eigenvalue weighted by molar-refractivity contribution is -0.384. The van der Waals surface area contributed by atoms with E-state index < -0.39 is 11.3 Å². The van der Waals surface area contributed by atoms with Crippen LogP contribution in [-0.2, 0) is 6.54 Å². The summed E-state index contributed by atoms with van der Waals surface area (Å²) in [7, 11) is 4.26. The largest absolute Gasteiger partial charge is 0.573 e. The zero-order valence-electron chi connectivity index (χ0n) is 21.6. The fourth-order valence-corrected chi connectivity index (χ4v) is 5.25. The number of rotatable bonds is 10. The number of likely N-dealkylation sites (N-methyl/N-ethyl adjacent to an activating group) is 1. The van der Waals surface area contributed by atoms with Crippen LogP contribution in [0.5, 0.6) is 5.75 Å². The van der Waals surface area contributed by atoms with Gasteiger partial charge in [0.25, 0.3) is 0 Å². The van der Waals surface area contributed by atoms with Crippen molar-refractivity contribution in [2.24, 2.45) is 5.92 Å². The Bertz CT molecular complexity index is 1090. The number of hydrogen-bond acceptors (Lipinski definition) is 9. The van der Waals surface area contributed by atoms with Crippen LogP contribution in [0, 0.1) is 16.0 Å². The molecule has 1 aliphatic carbocycles. The van der Waals surface area contributed by atoms with Crippen LogP contribution < -0.4 is 15.4 Å². The van der Waals surface area contributed by atoms with Crippen molar-refractivity contribution in [3.8, 4) is 5.75 Å². The molecule has 1 saturated carbocycles. The second-order valence-electron chi connectivity index (χ2n) is 10.2. The highest BCUT2D eigenvalue weighted by atomic mass is 19.4. The van der Waals surface area contributed by atoms with Crippen LogP contribution in [0.4, 0.5) is 30.6 Å². The number of aromatic nitrogens is 2. The van der Waals surface area contributed by atoms with E-state index in [4.69, 9.17) is 0 Å². The molecule has 2 N–H and O–H groups in total. The molecule has 2 aliphatic rings. The Hall–Kier alpha value is -3.19. The Balaban J connectivity index is 1.33. The average molecular weight is 538 g/mol. The zero-order chi connectivity index (χ0) is 27.3. The van der Waals surface area contributed by atoms with Gasteiger partial charge in [0.2, 0.25) is 11.8 Å². The van der Waals surface area contributed by atoms with Crippen molar-refractivity contribution >= 4 is 17.5 Å². The van der Waals surface area contributed by atoms with Gasteiger partial charge in [-0.2, -0.15) is 4.98 Å². The third-order valence-electron chi connectivity index (χ3n) is 7.42.